The summed E-state index contributed by atoms with van der Waals surface area (Å²) in [6.07, 6.45) is 0. The van der Waals surface area contributed by atoms with Gasteiger partial charge in [0, 0.05) is 31.0 Å². The number of carbonyl (C=O) groups is 2. The molecule has 2 aromatic rings. The fourth-order valence-electron chi connectivity index (χ4n) is 3.28. The molecule has 2 amide bonds. The molecular formula is C23H29N3O4. The number of hydrogen-bond donors (Lipinski definition) is 1. The molecule has 7 heteroatoms. The highest BCUT2D eigenvalue weighted by Gasteiger charge is 2.17. The third-order valence-electron chi connectivity index (χ3n) is 5.04. The molecule has 3 rings (SSSR count). The number of hydrogen-bond acceptors (Lipinski definition) is 5. The highest BCUT2D eigenvalue weighted by atomic mass is 16.5. The number of anilines is 2. The molecule has 0 bridgehead atoms. The molecule has 2 aromatic carbocycles. The lowest BCUT2D eigenvalue weighted by Gasteiger charge is -2.29. The van der Waals surface area contributed by atoms with Gasteiger partial charge in [-0.2, -0.15) is 0 Å². The van der Waals surface area contributed by atoms with Crippen LogP contribution in [0.4, 0.5) is 11.4 Å². The Morgan fingerprint density at radius 1 is 1.10 bits per heavy atom. The SMILES string of the molecule is CCN(CC(=O)Nc1ccc(N2CCOCC2)cc1)C(=O)COc1ccccc1C. The maximum Gasteiger partial charge on any atom is 0.260 e. The molecule has 0 aromatic heterocycles. The normalized spacial score (nSPS) is 13.6. The molecule has 160 valence electrons. The fraction of sp³-hybridized carbons (Fsp3) is 0.391. The van der Waals surface area contributed by atoms with Crippen molar-refractivity contribution in [2.45, 2.75) is 13.8 Å². The number of para-hydroxylation sites is 1. The standard InChI is InChI=1S/C23H29N3O4/c1-3-25(23(28)17-30-21-7-5-4-6-18(21)2)16-22(27)24-19-8-10-20(11-9-19)26-12-14-29-15-13-26/h4-11H,3,12-17H2,1-2H3,(H,24,27). The molecule has 0 atom stereocenters. The molecule has 0 radical (unpaired) electrons. The van der Waals surface area contributed by atoms with Crippen LogP contribution in [0, 0.1) is 6.92 Å². The summed E-state index contributed by atoms with van der Waals surface area (Å²) in [4.78, 5) is 28.6. The molecule has 0 aliphatic carbocycles. The van der Waals surface area contributed by atoms with Crippen molar-refractivity contribution in [2.75, 3.05) is 56.2 Å². The Labute approximate surface area is 177 Å². The van der Waals surface area contributed by atoms with Crippen molar-refractivity contribution < 1.29 is 19.1 Å². The monoisotopic (exact) mass is 411 g/mol. The Bertz CT molecular complexity index is 848. The molecule has 1 aliphatic heterocycles. The van der Waals surface area contributed by atoms with Gasteiger partial charge in [0.25, 0.3) is 5.91 Å². The number of rotatable bonds is 8. The minimum absolute atomic E-state index is 0.0162. The van der Waals surface area contributed by atoms with Gasteiger partial charge in [-0.15, -0.1) is 0 Å². The Morgan fingerprint density at radius 2 is 1.80 bits per heavy atom. The molecule has 1 aliphatic rings. The number of ether oxygens (including phenoxy) is 2. The van der Waals surface area contributed by atoms with Gasteiger partial charge in [-0.3, -0.25) is 9.59 Å². The van der Waals surface area contributed by atoms with Crippen LogP contribution in [0.3, 0.4) is 0 Å². The van der Waals surface area contributed by atoms with Crippen molar-refractivity contribution in [3.63, 3.8) is 0 Å². The topological polar surface area (TPSA) is 71.1 Å². The zero-order chi connectivity index (χ0) is 21.3. The highest BCUT2D eigenvalue weighted by molar-refractivity contribution is 5.94. The number of likely N-dealkylation sites (N-methyl/N-ethyl adjacent to an activating group) is 1. The van der Waals surface area contributed by atoms with Crippen LogP contribution in [-0.2, 0) is 14.3 Å². The van der Waals surface area contributed by atoms with Crippen molar-refractivity contribution in [3.8, 4) is 5.75 Å². The fourth-order valence-corrected chi connectivity index (χ4v) is 3.28. The molecule has 1 saturated heterocycles. The molecule has 0 unspecified atom stereocenters. The quantitative estimate of drug-likeness (QED) is 0.723. The number of carbonyl (C=O) groups excluding carboxylic acids is 2. The first-order valence-electron chi connectivity index (χ1n) is 10.3. The first-order chi connectivity index (χ1) is 14.6. The predicted octanol–water partition coefficient (Wildman–Crippen LogP) is 2.70. The summed E-state index contributed by atoms with van der Waals surface area (Å²) in [5.41, 5.74) is 2.78. The zero-order valence-electron chi connectivity index (χ0n) is 17.6. The summed E-state index contributed by atoms with van der Waals surface area (Å²) < 4.78 is 11.0. The molecule has 30 heavy (non-hydrogen) atoms. The van der Waals surface area contributed by atoms with Crippen molar-refractivity contribution >= 4 is 23.2 Å². The number of benzene rings is 2. The molecule has 0 saturated carbocycles. The summed E-state index contributed by atoms with van der Waals surface area (Å²) in [6, 6.07) is 15.3. The molecular weight excluding hydrogens is 382 g/mol. The first kappa shape index (κ1) is 21.6. The van der Waals surface area contributed by atoms with Crippen molar-refractivity contribution in [1.82, 2.24) is 4.90 Å². The van der Waals surface area contributed by atoms with Crippen LogP contribution in [0.25, 0.3) is 0 Å². The minimum atomic E-state index is -0.236. The van der Waals surface area contributed by atoms with Gasteiger partial charge in [0.15, 0.2) is 6.61 Å². The third kappa shape index (κ3) is 5.97. The predicted molar refractivity (Wildman–Crippen MR) is 117 cm³/mol. The Morgan fingerprint density at radius 3 is 2.47 bits per heavy atom. The largest absolute Gasteiger partial charge is 0.484 e. The van der Waals surface area contributed by atoms with E-state index in [0.29, 0.717) is 18.0 Å². The summed E-state index contributed by atoms with van der Waals surface area (Å²) >= 11 is 0. The Kier molecular flexibility index (Phi) is 7.68. The number of aryl methyl sites for hydroxylation is 1. The average molecular weight is 412 g/mol. The maximum absolute atomic E-state index is 12.5. The highest BCUT2D eigenvalue weighted by Crippen LogP contribution is 2.19. The van der Waals surface area contributed by atoms with Crippen molar-refractivity contribution in [2.24, 2.45) is 0 Å². The van der Waals surface area contributed by atoms with Crippen LogP contribution in [0.1, 0.15) is 12.5 Å². The van der Waals surface area contributed by atoms with Crippen LogP contribution < -0.4 is 15.0 Å². The first-order valence-corrected chi connectivity index (χ1v) is 10.3. The number of amides is 2. The molecule has 1 heterocycles. The zero-order valence-corrected chi connectivity index (χ0v) is 17.6. The van der Waals surface area contributed by atoms with E-state index in [-0.39, 0.29) is 25.0 Å². The maximum atomic E-state index is 12.5. The lowest BCUT2D eigenvalue weighted by molar-refractivity contribution is -0.136. The van der Waals surface area contributed by atoms with Gasteiger partial charge < -0.3 is 24.6 Å². The number of nitrogens with one attached hydrogen (secondary N) is 1. The second kappa shape index (κ2) is 10.6. The van der Waals surface area contributed by atoms with Gasteiger partial charge in [0.05, 0.1) is 19.8 Å². The van der Waals surface area contributed by atoms with Crippen molar-refractivity contribution in [3.05, 3.63) is 54.1 Å². The second-order valence-electron chi connectivity index (χ2n) is 7.16. The Hall–Kier alpha value is -3.06. The average Bonchev–Trinajstić information content (AvgIpc) is 2.78. The lowest BCUT2D eigenvalue weighted by Crippen LogP contribution is -2.40. The summed E-state index contributed by atoms with van der Waals surface area (Å²) in [5, 5.41) is 2.86. The molecule has 1 fully saturated rings. The van der Waals surface area contributed by atoms with Crippen LogP contribution in [0.2, 0.25) is 0 Å². The number of nitrogens with zero attached hydrogens (tertiary/aromatic N) is 2. The summed E-state index contributed by atoms with van der Waals surface area (Å²) in [5.74, 6) is 0.213. The van der Waals surface area contributed by atoms with Gasteiger partial charge in [-0.25, -0.2) is 0 Å². The summed E-state index contributed by atoms with van der Waals surface area (Å²) in [6.45, 7) is 7.27. The van der Waals surface area contributed by atoms with E-state index in [0.717, 1.165) is 37.6 Å². The summed E-state index contributed by atoms with van der Waals surface area (Å²) in [7, 11) is 0. The van der Waals surface area contributed by atoms with Gasteiger partial charge in [0.2, 0.25) is 5.91 Å². The van der Waals surface area contributed by atoms with E-state index in [1.807, 2.05) is 62.4 Å². The number of morpholine rings is 1. The van der Waals surface area contributed by atoms with Gasteiger partial charge >= 0.3 is 0 Å². The van der Waals surface area contributed by atoms with Gasteiger partial charge in [-0.05, 0) is 49.7 Å². The van der Waals surface area contributed by atoms with Gasteiger partial charge in [0.1, 0.15) is 5.75 Å². The smallest absolute Gasteiger partial charge is 0.260 e. The second-order valence-corrected chi connectivity index (χ2v) is 7.16. The molecule has 7 nitrogen and oxygen atoms in total. The Balaban J connectivity index is 1.49. The van der Waals surface area contributed by atoms with Crippen molar-refractivity contribution in [1.29, 1.82) is 0 Å². The van der Waals surface area contributed by atoms with Crippen LogP contribution in [-0.4, -0.2) is 62.7 Å². The van der Waals surface area contributed by atoms with Crippen LogP contribution in [0.15, 0.2) is 48.5 Å². The van der Waals surface area contributed by atoms with Crippen LogP contribution in [0.5, 0.6) is 5.75 Å². The van der Waals surface area contributed by atoms with E-state index in [2.05, 4.69) is 10.2 Å². The van der Waals surface area contributed by atoms with E-state index in [4.69, 9.17) is 9.47 Å². The van der Waals surface area contributed by atoms with E-state index in [1.165, 1.54) is 4.90 Å². The minimum Gasteiger partial charge on any atom is -0.484 e. The molecule has 1 N–H and O–H groups in total. The lowest BCUT2D eigenvalue weighted by atomic mass is 10.2. The van der Waals surface area contributed by atoms with E-state index in [9.17, 15) is 9.59 Å². The third-order valence-corrected chi connectivity index (χ3v) is 5.04. The van der Waals surface area contributed by atoms with Gasteiger partial charge in [-0.1, -0.05) is 18.2 Å². The molecule has 0 spiro atoms. The van der Waals surface area contributed by atoms with E-state index < -0.39 is 0 Å². The van der Waals surface area contributed by atoms with E-state index >= 15 is 0 Å². The van der Waals surface area contributed by atoms with E-state index in [1.54, 1.807) is 0 Å². The van der Waals surface area contributed by atoms with Crippen LogP contribution >= 0.6 is 0 Å².